The number of hydrogen-bond donors (Lipinski definition) is 1. The quantitative estimate of drug-likeness (QED) is 0.194. The molecule has 5 rings (SSSR count). The minimum absolute atomic E-state index is 0.205. The van der Waals surface area contributed by atoms with Crippen LogP contribution < -0.4 is 4.74 Å². The van der Waals surface area contributed by atoms with Gasteiger partial charge in [-0.1, -0.05) is 74.2 Å². The molecule has 1 saturated heterocycles. The zero-order valence-corrected chi connectivity index (χ0v) is 22.8. The largest absolute Gasteiger partial charge is 0.508 e. The van der Waals surface area contributed by atoms with E-state index in [1.54, 1.807) is 12.1 Å². The molecule has 0 saturated carbocycles. The van der Waals surface area contributed by atoms with Crippen LogP contribution in [0.25, 0.3) is 0 Å². The summed E-state index contributed by atoms with van der Waals surface area (Å²) in [6.07, 6.45) is 11.0. The molecular weight excluding hydrogens is 474 g/mol. The molecule has 196 valence electrons. The van der Waals surface area contributed by atoms with Gasteiger partial charge in [0.25, 0.3) is 0 Å². The van der Waals surface area contributed by atoms with E-state index in [4.69, 9.17) is 4.74 Å². The van der Waals surface area contributed by atoms with E-state index in [9.17, 15) is 5.11 Å². The van der Waals surface area contributed by atoms with Crippen molar-refractivity contribution in [3.05, 3.63) is 89.5 Å². The van der Waals surface area contributed by atoms with E-state index in [1.807, 2.05) is 17.8 Å². The van der Waals surface area contributed by atoms with Gasteiger partial charge in [-0.3, -0.25) is 0 Å². The molecule has 0 spiro atoms. The van der Waals surface area contributed by atoms with Crippen molar-refractivity contribution in [2.45, 2.75) is 68.1 Å². The van der Waals surface area contributed by atoms with Gasteiger partial charge in [-0.25, -0.2) is 0 Å². The van der Waals surface area contributed by atoms with Crippen LogP contribution in [0.1, 0.15) is 79.9 Å². The third-order valence-electron chi connectivity index (χ3n) is 7.96. The van der Waals surface area contributed by atoms with E-state index < -0.39 is 0 Å². The third-order valence-corrected chi connectivity index (χ3v) is 9.05. The van der Waals surface area contributed by atoms with Crippen LogP contribution in [0.4, 0.5) is 0 Å². The number of likely N-dealkylation sites (tertiary alicyclic amines) is 1. The summed E-state index contributed by atoms with van der Waals surface area (Å²) in [5, 5.41) is 10.00. The fourth-order valence-electron chi connectivity index (χ4n) is 5.91. The van der Waals surface area contributed by atoms with Crippen molar-refractivity contribution in [1.29, 1.82) is 0 Å². The Morgan fingerprint density at radius 3 is 2.30 bits per heavy atom. The van der Waals surface area contributed by atoms with Crippen molar-refractivity contribution in [2.24, 2.45) is 0 Å². The summed E-state index contributed by atoms with van der Waals surface area (Å²) in [6.45, 7) is 4.59. The highest BCUT2D eigenvalue weighted by Crippen LogP contribution is 2.47. The highest BCUT2D eigenvalue weighted by Gasteiger charge is 2.33. The van der Waals surface area contributed by atoms with E-state index in [2.05, 4.69) is 59.5 Å². The minimum Gasteiger partial charge on any atom is -0.508 e. The van der Waals surface area contributed by atoms with E-state index in [1.165, 1.54) is 92.8 Å². The lowest BCUT2D eigenvalue weighted by Crippen LogP contribution is -2.25. The summed E-state index contributed by atoms with van der Waals surface area (Å²) < 4.78 is 6.11. The van der Waals surface area contributed by atoms with Gasteiger partial charge in [0.05, 0.1) is 6.61 Å². The maximum atomic E-state index is 10.00. The highest BCUT2D eigenvalue weighted by atomic mass is 32.2. The van der Waals surface area contributed by atoms with Gasteiger partial charge in [-0.05, 0) is 80.4 Å². The Morgan fingerprint density at radius 2 is 1.51 bits per heavy atom. The second-order valence-corrected chi connectivity index (χ2v) is 11.8. The molecular formula is C33H41NO2S. The molecule has 2 heterocycles. The SMILES string of the molecule is Oc1ccc2c(c1)OC[C@@H](c1ccccc1)[C@H]2c1ccc(SCCCCCCCCN2CCCC2)cc1. The number of aromatic hydroxyl groups is 1. The average Bonchev–Trinajstić information content (AvgIpc) is 3.46. The Morgan fingerprint density at radius 1 is 0.784 bits per heavy atom. The van der Waals surface area contributed by atoms with Crippen LogP contribution in [0.5, 0.6) is 11.5 Å². The molecule has 1 fully saturated rings. The van der Waals surface area contributed by atoms with Crippen LogP contribution in [0.3, 0.4) is 0 Å². The van der Waals surface area contributed by atoms with E-state index >= 15 is 0 Å². The monoisotopic (exact) mass is 515 g/mol. The van der Waals surface area contributed by atoms with Gasteiger partial charge in [0.2, 0.25) is 0 Å². The van der Waals surface area contributed by atoms with Crippen molar-refractivity contribution >= 4 is 11.8 Å². The van der Waals surface area contributed by atoms with Crippen molar-refractivity contribution in [3.8, 4) is 11.5 Å². The second kappa shape index (κ2) is 13.4. The number of benzene rings is 3. The lowest BCUT2D eigenvalue weighted by atomic mass is 9.76. The lowest BCUT2D eigenvalue weighted by Gasteiger charge is -2.34. The van der Waals surface area contributed by atoms with Crippen LogP contribution >= 0.6 is 11.8 Å². The van der Waals surface area contributed by atoms with Crippen LogP contribution in [0.2, 0.25) is 0 Å². The van der Waals surface area contributed by atoms with E-state index in [-0.39, 0.29) is 17.6 Å². The molecule has 0 aromatic heterocycles. The molecule has 0 radical (unpaired) electrons. The fourth-order valence-corrected chi connectivity index (χ4v) is 6.82. The Labute approximate surface area is 227 Å². The predicted molar refractivity (Wildman–Crippen MR) is 155 cm³/mol. The maximum absolute atomic E-state index is 10.00. The van der Waals surface area contributed by atoms with E-state index in [0.29, 0.717) is 6.61 Å². The molecule has 2 aliphatic rings. The number of unbranched alkanes of at least 4 members (excludes halogenated alkanes) is 5. The Hall–Kier alpha value is -2.43. The summed E-state index contributed by atoms with van der Waals surface area (Å²) in [7, 11) is 0. The minimum atomic E-state index is 0.205. The predicted octanol–water partition coefficient (Wildman–Crippen LogP) is 8.23. The van der Waals surface area contributed by atoms with Gasteiger partial charge in [0, 0.05) is 28.4 Å². The van der Waals surface area contributed by atoms with Crippen molar-refractivity contribution in [2.75, 3.05) is 32.0 Å². The average molecular weight is 516 g/mol. The van der Waals surface area contributed by atoms with Gasteiger partial charge in [0.1, 0.15) is 11.5 Å². The fraction of sp³-hybridized carbons (Fsp3) is 0.455. The normalized spacial score (nSPS) is 19.5. The van der Waals surface area contributed by atoms with Crippen LogP contribution in [0, 0.1) is 0 Å². The van der Waals surface area contributed by atoms with Crippen molar-refractivity contribution < 1.29 is 9.84 Å². The number of thioether (sulfide) groups is 1. The first-order valence-electron chi connectivity index (χ1n) is 14.2. The first-order valence-corrected chi connectivity index (χ1v) is 15.2. The van der Waals surface area contributed by atoms with Gasteiger partial charge in [-0.15, -0.1) is 11.8 Å². The molecule has 0 aliphatic carbocycles. The molecule has 0 amide bonds. The van der Waals surface area contributed by atoms with Crippen LogP contribution in [0.15, 0.2) is 77.7 Å². The number of hydrogen-bond acceptors (Lipinski definition) is 4. The molecule has 2 aliphatic heterocycles. The molecule has 3 aromatic carbocycles. The van der Waals surface area contributed by atoms with Gasteiger partial charge >= 0.3 is 0 Å². The third kappa shape index (κ3) is 7.12. The number of phenolic OH excluding ortho intramolecular Hbond substituents is 1. The first kappa shape index (κ1) is 26.2. The molecule has 0 bridgehead atoms. The Bertz CT molecular complexity index is 1100. The number of fused-ring (bicyclic) bond motifs is 1. The number of ether oxygens (including phenoxy) is 1. The zero-order valence-electron chi connectivity index (χ0n) is 22.0. The molecule has 1 N–H and O–H groups in total. The van der Waals surface area contributed by atoms with Crippen LogP contribution in [-0.2, 0) is 0 Å². The Kier molecular flexibility index (Phi) is 9.48. The number of nitrogens with zero attached hydrogens (tertiary/aromatic N) is 1. The van der Waals surface area contributed by atoms with Gasteiger partial charge < -0.3 is 14.7 Å². The van der Waals surface area contributed by atoms with E-state index in [0.717, 1.165) is 11.3 Å². The highest BCUT2D eigenvalue weighted by molar-refractivity contribution is 7.99. The molecule has 0 unspecified atom stereocenters. The number of phenols is 1. The molecule has 3 nitrogen and oxygen atoms in total. The Balaban J connectivity index is 1.12. The topological polar surface area (TPSA) is 32.7 Å². The summed E-state index contributed by atoms with van der Waals surface area (Å²) >= 11 is 1.98. The van der Waals surface area contributed by atoms with Crippen molar-refractivity contribution in [3.63, 3.8) is 0 Å². The summed E-state index contributed by atoms with van der Waals surface area (Å²) in [6, 6.07) is 25.4. The van der Waals surface area contributed by atoms with Gasteiger partial charge in [-0.2, -0.15) is 0 Å². The molecule has 3 aromatic rings. The summed E-state index contributed by atoms with van der Waals surface area (Å²) in [4.78, 5) is 3.98. The molecule has 4 heteroatoms. The second-order valence-electron chi connectivity index (χ2n) is 10.6. The standard InChI is InChI=1S/C33H41NO2S/c35-28-16-19-30-32(24-28)36-25-31(26-12-6-5-7-13-26)33(30)27-14-17-29(18-15-27)37-23-11-4-2-1-3-8-20-34-21-9-10-22-34/h5-7,12-19,24,31,33,35H,1-4,8-11,20-23,25H2/t31-,33-/m0/s1. The maximum Gasteiger partial charge on any atom is 0.126 e. The zero-order chi connectivity index (χ0) is 25.3. The summed E-state index contributed by atoms with van der Waals surface area (Å²) in [5.74, 6) is 2.69. The number of rotatable bonds is 12. The molecule has 37 heavy (non-hydrogen) atoms. The lowest BCUT2D eigenvalue weighted by molar-refractivity contribution is 0.248. The smallest absolute Gasteiger partial charge is 0.126 e. The summed E-state index contributed by atoms with van der Waals surface area (Å²) in [5.41, 5.74) is 3.75. The van der Waals surface area contributed by atoms with Crippen molar-refractivity contribution in [1.82, 2.24) is 4.90 Å². The first-order chi connectivity index (χ1) is 18.3. The van der Waals surface area contributed by atoms with Gasteiger partial charge in [0.15, 0.2) is 0 Å². The molecule has 2 atom stereocenters. The van der Waals surface area contributed by atoms with Crippen LogP contribution in [-0.4, -0.2) is 42.0 Å².